The summed E-state index contributed by atoms with van der Waals surface area (Å²) >= 11 is 0. The molecule has 66 valence electrons. The SMILES string of the molecule is COC(=O)/C=C/[N+](C)(C)C.[Cl-]. The third kappa shape index (κ3) is 9.46. The lowest BCUT2D eigenvalue weighted by atomic mass is 10.5. The van der Waals surface area contributed by atoms with Crippen molar-refractivity contribution in [2.75, 3.05) is 28.3 Å². The standard InChI is InChI=1S/C7H14NO2.ClH/c1-8(2,3)6-5-7(9)10-4;/h5-6H,1-4H3;1H/q+1;/p-1/b6-5+;. The van der Waals surface area contributed by atoms with Crippen LogP contribution in [0.1, 0.15) is 0 Å². The van der Waals surface area contributed by atoms with E-state index in [-0.39, 0.29) is 18.4 Å². The van der Waals surface area contributed by atoms with Crippen molar-refractivity contribution >= 4 is 5.97 Å². The smallest absolute Gasteiger partial charge is 0.335 e. The molecule has 0 spiro atoms. The van der Waals surface area contributed by atoms with Gasteiger partial charge in [-0.2, -0.15) is 0 Å². The van der Waals surface area contributed by atoms with E-state index in [9.17, 15) is 4.79 Å². The number of carbonyl (C=O) groups excluding carboxylic acids is 1. The number of methoxy groups -OCH3 is 1. The van der Waals surface area contributed by atoms with Crippen molar-refractivity contribution in [3.05, 3.63) is 12.3 Å². The summed E-state index contributed by atoms with van der Waals surface area (Å²) in [5, 5.41) is 0. The molecule has 0 saturated carbocycles. The largest absolute Gasteiger partial charge is 1.00 e. The maximum atomic E-state index is 10.5. The van der Waals surface area contributed by atoms with Gasteiger partial charge in [-0.05, 0) is 0 Å². The monoisotopic (exact) mass is 179 g/mol. The number of carbonyl (C=O) groups is 1. The highest BCUT2D eigenvalue weighted by Crippen LogP contribution is 1.91. The van der Waals surface area contributed by atoms with E-state index < -0.39 is 0 Å². The van der Waals surface area contributed by atoms with Gasteiger partial charge in [0.1, 0.15) is 6.20 Å². The van der Waals surface area contributed by atoms with Gasteiger partial charge in [0.15, 0.2) is 0 Å². The predicted molar refractivity (Wildman–Crippen MR) is 39.2 cm³/mol. The van der Waals surface area contributed by atoms with Crippen molar-refractivity contribution in [3.63, 3.8) is 0 Å². The van der Waals surface area contributed by atoms with Gasteiger partial charge in [0.25, 0.3) is 0 Å². The van der Waals surface area contributed by atoms with Crippen LogP contribution in [0.25, 0.3) is 0 Å². The zero-order valence-electron chi connectivity index (χ0n) is 7.30. The van der Waals surface area contributed by atoms with Gasteiger partial charge in [-0.1, -0.05) is 0 Å². The van der Waals surface area contributed by atoms with E-state index in [4.69, 9.17) is 0 Å². The summed E-state index contributed by atoms with van der Waals surface area (Å²) in [6, 6.07) is 0. The molecule has 0 amide bonds. The van der Waals surface area contributed by atoms with Crippen LogP contribution in [0.4, 0.5) is 0 Å². The molecule has 0 bridgehead atoms. The lowest BCUT2D eigenvalue weighted by Gasteiger charge is -2.16. The van der Waals surface area contributed by atoms with Gasteiger partial charge in [-0.3, -0.25) is 0 Å². The van der Waals surface area contributed by atoms with Crippen LogP contribution in [0, 0.1) is 0 Å². The minimum atomic E-state index is -0.312. The average Bonchev–Trinajstić information content (AvgIpc) is 1.81. The van der Waals surface area contributed by atoms with Crippen LogP contribution < -0.4 is 12.4 Å². The molecular formula is C7H14ClNO2. The van der Waals surface area contributed by atoms with Crippen LogP contribution in [0.5, 0.6) is 0 Å². The van der Waals surface area contributed by atoms with Crippen molar-refractivity contribution in [3.8, 4) is 0 Å². The molecule has 0 aliphatic carbocycles. The van der Waals surface area contributed by atoms with Gasteiger partial charge < -0.3 is 21.6 Å². The zero-order valence-corrected chi connectivity index (χ0v) is 8.05. The Morgan fingerprint density at radius 2 is 1.82 bits per heavy atom. The molecule has 0 aliphatic heterocycles. The molecule has 0 heterocycles. The fourth-order valence-corrected chi connectivity index (χ4v) is 0.353. The first-order valence-electron chi connectivity index (χ1n) is 3.04. The summed E-state index contributed by atoms with van der Waals surface area (Å²) in [4.78, 5) is 10.5. The molecule has 0 aromatic rings. The Morgan fingerprint density at radius 3 is 2.09 bits per heavy atom. The molecular weight excluding hydrogens is 166 g/mol. The zero-order chi connectivity index (χ0) is 8.20. The van der Waals surface area contributed by atoms with E-state index in [1.165, 1.54) is 13.2 Å². The number of esters is 1. The molecule has 0 unspecified atom stereocenters. The lowest BCUT2D eigenvalue weighted by Crippen LogP contribution is -3.00. The van der Waals surface area contributed by atoms with Crippen molar-refractivity contribution < 1.29 is 26.4 Å². The average molecular weight is 180 g/mol. The fourth-order valence-electron chi connectivity index (χ4n) is 0.353. The van der Waals surface area contributed by atoms with E-state index in [1.807, 2.05) is 21.1 Å². The Kier molecular flexibility index (Phi) is 6.13. The number of quaternary nitrogens is 1. The fraction of sp³-hybridized carbons (Fsp3) is 0.571. The van der Waals surface area contributed by atoms with Crippen molar-refractivity contribution in [2.24, 2.45) is 0 Å². The maximum Gasteiger partial charge on any atom is 0.335 e. The maximum absolute atomic E-state index is 10.5. The van der Waals surface area contributed by atoms with Crippen molar-refractivity contribution in [1.29, 1.82) is 0 Å². The molecule has 0 fully saturated rings. The molecule has 0 atom stereocenters. The molecule has 0 N–H and O–H groups in total. The third-order valence-corrected chi connectivity index (χ3v) is 0.859. The number of ether oxygens (including phenoxy) is 1. The summed E-state index contributed by atoms with van der Waals surface area (Å²) < 4.78 is 5.03. The third-order valence-electron chi connectivity index (χ3n) is 0.859. The van der Waals surface area contributed by atoms with E-state index >= 15 is 0 Å². The van der Waals surface area contributed by atoms with Gasteiger partial charge in [-0.15, -0.1) is 0 Å². The minimum Gasteiger partial charge on any atom is -1.00 e. The van der Waals surface area contributed by atoms with Crippen LogP contribution in [-0.4, -0.2) is 38.7 Å². The van der Waals surface area contributed by atoms with Gasteiger partial charge in [0.2, 0.25) is 0 Å². The molecule has 0 saturated heterocycles. The van der Waals surface area contributed by atoms with Crippen LogP contribution in [0.2, 0.25) is 0 Å². The highest BCUT2D eigenvalue weighted by atomic mass is 35.5. The summed E-state index contributed by atoms with van der Waals surface area (Å²) in [7, 11) is 7.24. The summed E-state index contributed by atoms with van der Waals surface area (Å²) in [6.45, 7) is 0. The first-order chi connectivity index (χ1) is 4.45. The predicted octanol–water partition coefficient (Wildman–Crippen LogP) is -2.62. The Labute approximate surface area is 73.6 Å². The minimum absolute atomic E-state index is 0. The molecule has 0 rings (SSSR count). The molecule has 4 heteroatoms. The number of hydrogen-bond donors (Lipinski definition) is 0. The van der Waals surface area contributed by atoms with E-state index in [2.05, 4.69) is 4.74 Å². The second-order valence-electron chi connectivity index (χ2n) is 2.96. The second-order valence-corrected chi connectivity index (χ2v) is 2.96. The molecule has 0 aliphatic rings. The Morgan fingerprint density at radius 1 is 1.36 bits per heavy atom. The number of halogens is 1. The molecule has 3 nitrogen and oxygen atoms in total. The molecule has 0 aromatic heterocycles. The van der Waals surface area contributed by atoms with Crippen LogP contribution in [0.15, 0.2) is 12.3 Å². The Bertz CT molecular complexity index is 149. The van der Waals surface area contributed by atoms with Crippen LogP contribution in [-0.2, 0) is 9.53 Å². The van der Waals surface area contributed by atoms with E-state index in [0.717, 1.165) is 0 Å². The van der Waals surface area contributed by atoms with Gasteiger partial charge in [0.05, 0.1) is 34.3 Å². The Hall–Kier alpha value is -0.540. The van der Waals surface area contributed by atoms with Crippen LogP contribution in [0.3, 0.4) is 0 Å². The van der Waals surface area contributed by atoms with Gasteiger partial charge >= 0.3 is 5.97 Å². The van der Waals surface area contributed by atoms with E-state index in [0.29, 0.717) is 4.48 Å². The Balaban J connectivity index is 0. The van der Waals surface area contributed by atoms with Gasteiger partial charge in [-0.25, -0.2) is 4.79 Å². The highest BCUT2D eigenvalue weighted by Gasteiger charge is 2.01. The number of hydrogen-bond acceptors (Lipinski definition) is 2. The number of rotatable bonds is 2. The first kappa shape index (κ1) is 13.1. The molecule has 11 heavy (non-hydrogen) atoms. The number of nitrogens with zero attached hydrogens (tertiary/aromatic N) is 1. The van der Waals surface area contributed by atoms with E-state index in [1.54, 1.807) is 6.20 Å². The topological polar surface area (TPSA) is 26.3 Å². The van der Waals surface area contributed by atoms with Crippen molar-refractivity contribution in [2.45, 2.75) is 0 Å². The highest BCUT2D eigenvalue weighted by molar-refractivity contribution is 5.81. The van der Waals surface area contributed by atoms with Crippen LogP contribution >= 0.6 is 0 Å². The summed E-state index contributed by atoms with van der Waals surface area (Å²) in [5.41, 5.74) is 0. The van der Waals surface area contributed by atoms with Gasteiger partial charge in [0, 0.05) is 0 Å². The molecule has 0 aromatic carbocycles. The lowest BCUT2D eigenvalue weighted by molar-refractivity contribution is -0.817. The summed E-state index contributed by atoms with van der Waals surface area (Å²) in [6.07, 6.45) is 3.17. The quantitative estimate of drug-likeness (QED) is 0.264. The second kappa shape index (κ2) is 5.16. The molecule has 0 radical (unpaired) electrons. The normalized spacial score (nSPS) is 10.9. The summed E-state index contributed by atoms with van der Waals surface area (Å²) in [5.74, 6) is -0.312. The first-order valence-corrected chi connectivity index (χ1v) is 3.04. The van der Waals surface area contributed by atoms with Crippen molar-refractivity contribution in [1.82, 2.24) is 0 Å².